The molecular formula is C13H19N5. The van der Waals surface area contributed by atoms with E-state index in [1.165, 1.54) is 6.21 Å². The first-order valence-corrected chi connectivity index (χ1v) is 6.19. The van der Waals surface area contributed by atoms with Crippen LogP contribution >= 0.6 is 0 Å². The molecule has 1 aromatic rings. The summed E-state index contributed by atoms with van der Waals surface area (Å²) in [7, 11) is 0. The number of anilines is 1. The molecule has 18 heavy (non-hydrogen) atoms. The summed E-state index contributed by atoms with van der Waals surface area (Å²) in [5.74, 6) is 0.495. The smallest absolute Gasteiger partial charge is 0.123 e. The van der Waals surface area contributed by atoms with E-state index in [1.807, 2.05) is 12.3 Å². The Morgan fingerprint density at radius 3 is 2.83 bits per heavy atom. The van der Waals surface area contributed by atoms with Crippen LogP contribution in [-0.2, 0) is 0 Å². The van der Waals surface area contributed by atoms with Gasteiger partial charge in [-0.2, -0.15) is 0 Å². The van der Waals surface area contributed by atoms with Gasteiger partial charge >= 0.3 is 0 Å². The molecule has 5 N–H and O–H groups in total. The highest BCUT2D eigenvalue weighted by atomic mass is 15.0. The zero-order valence-corrected chi connectivity index (χ0v) is 10.3. The molecule has 0 aliphatic carbocycles. The fourth-order valence-corrected chi connectivity index (χ4v) is 1.98. The number of nitrogen functional groups attached to an aromatic ring is 1. The highest BCUT2D eigenvalue weighted by Gasteiger charge is 2.10. The van der Waals surface area contributed by atoms with E-state index >= 15 is 0 Å². The molecule has 96 valence electrons. The Morgan fingerprint density at radius 1 is 1.44 bits per heavy atom. The summed E-state index contributed by atoms with van der Waals surface area (Å²) in [4.78, 5) is 4.04. The van der Waals surface area contributed by atoms with Gasteiger partial charge in [0, 0.05) is 35.8 Å². The van der Waals surface area contributed by atoms with Crippen LogP contribution < -0.4 is 16.4 Å². The number of nitrogens with zero attached hydrogens (tertiary/aromatic N) is 1. The van der Waals surface area contributed by atoms with Crippen molar-refractivity contribution in [1.82, 2.24) is 15.6 Å². The first kappa shape index (κ1) is 12.6. The van der Waals surface area contributed by atoms with E-state index in [0.717, 1.165) is 37.1 Å². The van der Waals surface area contributed by atoms with E-state index in [-0.39, 0.29) is 0 Å². The lowest BCUT2D eigenvalue weighted by Gasteiger charge is -2.23. The normalized spacial score (nSPS) is 17.4. The van der Waals surface area contributed by atoms with Crippen LogP contribution in [0.25, 0.3) is 5.57 Å². The molecule has 0 bridgehead atoms. The van der Waals surface area contributed by atoms with Crippen LogP contribution in [0.3, 0.4) is 0 Å². The van der Waals surface area contributed by atoms with Gasteiger partial charge in [-0.25, -0.2) is 4.98 Å². The van der Waals surface area contributed by atoms with Crippen molar-refractivity contribution >= 4 is 17.6 Å². The Labute approximate surface area is 107 Å². The first-order valence-electron chi connectivity index (χ1n) is 6.19. The van der Waals surface area contributed by atoms with E-state index < -0.39 is 0 Å². The fourth-order valence-electron chi connectivity index (χ4n) is 1.98. The Kier molecular flexibility index (Phi) is 4.30. The molecule has 0 radical (unpaired) electrons. The van der Waals surface area contributed by atoms with Gasteiger partial charge in [0.05, 0.1) is 0 Å². The summed E-state index contributed by atoms with van der Waals surface area (Å²) >= 11 is 0. The number of piperidine rings is 1. The van der Waals surface area contributed by atoms with E-state index in [1.54, 1.807) is 12.3 Å². The molecule has 2 heterocycles. The third-order valence-electron chi connectivity index (χ3n) is 3.09. The largest absolute Gasteiger partial charge is 0.388 e. The monoisotopic (exact) mass is 245 g/mol. The molecule has 0 unspecified atom stereocenters. The standard InChI is InChI=1S/C13H19N5/c14-7-11(10-1-2-13(15)18-8-10)9-17-12-3-5-16-6-4-12/h1-2,7-9,12,14,16-17H,3-6H2,(H2,15,18)/b11-9+,14-7?. The second-order valence-electron chi connectivity index (χ2n) is 4.41. The lowest BCUT2D eigenvalue weighted by atomic mass is 10.1. The van der Waals surface area contributed by atoms with Crippen molar-refractivity contribution in [2.75, 3.05) is 18.8 Å². The molecule has 1 aliphatic heterocycles. The van der Waals surface area contributed by atoms with Gasteiger partial charge in [0.25, 0.3) is 0 Å². The molecule has 1 aliphatic rings. The van der Waals surface area contributed by atoms with Gasteiger partial charge in [0.15, 0.2) is 0 Å². The SMILES string of the molecule is N=C/C(=C\NC1CCNCC1)c1ccc(N)nc1. The maximum Gasteiger partial charge on any atom is 0.123 e. The molecular weight excluding hydrogens is 226 g/mol. The number of hydrogen-bond donors (Lipinski definition) is 4. The van der Waals surface area contributed by atoms with Crippen molar-refractivity contribution in [3.05, 3.63) is 30.1 Å². The number of aromatic nitrogens is 1. The highest BCUT2D eigenvalue weighted by molar-refractivity contribution is 6.08. The van der Waals surface area contributed by atoms with E-state index in [0.29, 0.717) is 11.9 Å². The third kappa shape index (κ3) is 3.30. The molecule has 1 saturated heterocycles. The molecule has 2 rings (SSSR count). The lowest BCUT2D eigenvalue weighted by molar-refractivity contribution is 0.420. The van der Waals surface area contributed by atoms with E-state index in [2.05, 4.69) is 15.6 Å². The van der Waals surface area contributed by atoms with Crippen LogP contribution in [0.4, 0.5) is 5.82 Å². The van der Waals surface area contributed by atoms with Crippen LogP contribution in [0.2, 0.25) is 0 Å². The quantitative estimate of drug-likeness (QED) is 0.596. The molecule has 0 spiro atoms. The van der Waals surface area contributed by atoms with Crippen LogP contribution in [0.1, 0.15) is 18.4 Å². The predicted molar refractivity (Wildman–Crippen MR) is 74.4 cm³/mol. The zero-order valence-electron chi connectivity index (χ0n) is 10.3. The second kappa shape index (κ2) is 6.16. The van der Waals surface area contributed by atoms with Crippen molar-refractivity contribution in [2.24, 2.45) is 0 Å². The van der Waals surface area contributed by atoms with Gasteiger partial charge in [-0.3, -0.25) is 0 Å². The van der Waals surface area contributed by atoms with Crippen molar-refractivity contribution in [1.29, 1.82) is 5.41 Å². The fraction of sp³-hybridized carbons (Fsp3) is 0.385. The molecule has 0 saturated carbocycles. The van der Waals surface area contributed by atoms with E-state index in [9.17, 15) is 0 Å². The van der Waals surface area contributed by atoms with Crippen molar-refractivity contribution in [3.8, 4) is 0 Å². The number of rotatable bonds is 4. The molecule has 5 nitrogen and oxygen atoms in total. The van der Waals surface area contributed by atoms with Crippen molar-refractivity contribution < 1.29 is 0 Å². The first-order chi connectivity index (χ1) is 8.79. The van der Waals surface area contributed by atoms with Gasteiger partial charge < -0.3 is 21.8 Å². The number of nitrogens with one attached hydrogen (secondary N) is 3. The van der Waals surface area contributed by atoms with Gasteiger partial charge in [-0.15, -0.1) is 0 Å². The summed E-state index contributed by atoms with van der Waals surface area (Å²) in [5.41, 5.74) is 7.27. The predicted octanol–water partition coefficient (Wildman–Crippen LogP) is 0.996. The number of nitrogens with two attached hydrogens (primary N) is 1. The second-order valence-corrected chi connectivity index (χ2v) is 4.41. The minimum absolute atomic E-state index is 0.489. The Hall–Kier alpha value is -1.88. The molecule has 1 fully saturated rings. The Balaban J connectivity index is 2.03. The average molecular weight is 245 g/mol. The van der Waals surface area contributed by atoms with Gasteiger partial charge in [0.2, 0.25) is 0 Å². The van der Waals surface area contributed by atoms with Crippen molar-refractivity contribution in [3.63, 3.8) is 0 Å². The number of pyridine rings is 1. The van der Waals surface area contributed by atoms with Crippen LogP contribution in [0.5, 0.6) is 0 Å². The molecule has 0 atom stereocenters. The maximum atomic E-state index is 7.46. The number of hydrogen-bond acceptors (Lipinski definition) is 5. The maximum absolute atomic E-state index is 7.46. The van der Waals surface area contributed by atoms with Gasteiger partial charge in [-0.1, -0.05) is 0 Å². The van der Waals surface area contributed by atoms with Crippen LogP contribution in [0.15, 0.2) is 24.5 Å². The Morgan fingerprint density at radius 2 is 2.22 bits per heavy atom. The molecule has 5 heteroatoms. The minimum Gasteiger partial charge on any atom is -0.388 e. The van der Waals surface area contributed by atoms with Crippen molar-refractivity contribution in [2.45, 2.75) is 18.9 Å². The zero-order chi connectivity index (χ0) is 12.8. The summed E-state index contributed by atoms with van der Waals surface area (Å²) < 4.78 is 0. The van der Waals surface area contributed by atoms with Crippen LogP contribution in [0, 0.1) is 5.41 Å². The van der Waals surface area contributed by atoms with Gasteiger partial charge in [0.1, 0.15) is 5.82 Å². The topological polar surface area (TPSA) is 86.8 Å². The number of allylic oxidation sites excluding steroid dienone is 1. The lowest BCUT2D eigenvalue weighted by Crippen LogP contribution is -2.37. The molecule has 0 aromatic carbocycles. The Bertz CT molecular complexity index is 418. The van der Waals surface area contributed by atoms with Crippen LogP contribution in [-0.4, -0.2) is 30.3 Å². The molecule has 1 aromatic heterocycles. The van der Waals surface area contributed by atoms with Gasteiger partial charge in [-0.05, 0) is 38.1 Å². The molecule has 0 amide bonds. The summed E-state index contributed by atoms with van der Waals surface area (Å²) in [6.07, 6.45) is 7.15. The van der Waals surface area contributed by atoms with E-state index in [4.69, 9.17) is 11.1 Å². The third-order valence-corrected chi connectivity index (χ3v) is 3.09. The summed E-state index contributed by atoms with van der Waals surface area (Å²) in [5, 5.41) is 14.2. The highest BCUT2D eigenvalue weighted by Crippen LogP contribution is 2.12. The summed E-state index contributed by atoms with van der Waals surface area (Å²) in [6, 6.07) is 4.11. The average Bonchev–Trinajstić information content (AvgIpc) is 2.42. The summed E-state index contributed by atoms with van der Waals surface area (Å²) in [6.45, 7) is 2.10. The minimum atomic E-state index is 0.489.